The van der Waals surface area contributed by atoms with Crippen LogP contribution in [0.5, 0.6) is 0 Å². The van der Waals surface area contributed by atoms with E-state index >= 15 is 0 Å². The summed E-state index contributed by atoms with van der Waals surface area (Å²) in [6.07, 6.45) is -0.144. The van der Waals surface area contributed by atoms with Crippen molar-refractivity contribution in [3.63, 3.8) is 0 Å². The van der Waals surface area contributed by atoms with Crippen molar-refractivity contribution in [2.45, 2.75) is 13.0 Å². The highest BCUT2D eigenvalue weighted by atomic mass is 32.2. The standard InChI is InChI=1S/C12H17FN2O3S/c1-15(2)19(17,18)8-7-12(16)14-9-10-5-3-4-6-11(10)13/h3-6H,7-9H2,1-2H3,(H,14,16). The predicted octanol–water partition coefficient (Wildman–Crippen LogP) is 0.723. The SMILES string of the molecule is CN(C)S(=O)(=O)CCC(=O)NCc1ccccc1F. The molecule has 0 fully saturated rings. The second-order valence-electron chi connectivity index (χ2n) is 4.22. The van der Waals surface area contributed by atoms with Gasteiger partial charge in [-0.2, -0.15) is 0 Å². The smallest absolute Gasteiger partial charge is 0.221 e. The lowest BCUT2D eigenvalue weighted by atomic mass is 10.2. The topological polar surface area (TPSA) is 66.5 Å². The lowest BCUT2D eigenvalue weighted by Gasteiger charge is -2.11. The number of hydrogen-bond donors (Lipinski definition) is 1. The Morgan fingerprint density at radius 2 is 1.95 bits per heavy atom. The normalized spacial score (nSPS) is 11.6. The van der Waals surface area contributed by atoms with Gasteiger partial charge < -0.3 is 5.32 Å². The molecule has 0 radical (unpaired) electrons. The third-order valence-electron chi connectivity index (χ3n) is 2.58. The molecule has 0 saturated heterocycles. The summed E-state index contributed by atoms with van der Waals surface area (Å²) in [5, 5.41) is 2.49. The van der Waals surface area contributed by atoms with Gasteiger partial charge >= 0.3 is 0 Å². The van der Waals surface area contributed by atoms with Crippen molar-refractivity contribution in [1.29, 1.82) is 0 Å². The average molecular weight is 288 g/mol. The minimum atomic E-state index is -3.39. The Labute approximate surface area is 112 Å². The molecule has 0 heterocycles. The Kier molecular flexibility index (Phi) is 5.44. The van der Waals surface area contributed by atoms with Crippen molar-refractivity contribution < 1.29 is 17.6 Å². The summed E-state index contributed by atoms with van der Waals surface area (Å²) in [6.45, 7) is 0.0491. The van der Waals surface area contributed by atoms with Crippen LogP contribution in [0.3, 0.4) is 0 Å². The number of sulfonamides is 1. The maximum absolute atomic E-state index is 13.3. The quantitative estimate of drug-likeness (QED) is 0.839. The van der Waals surface area contributed by atoms with Gasteiger partial charge in [-0.15, -0.1) is 0 Å². The number of carbonyl (C=O) groups excluding carboxylic acids is 1. The van der Waals surface area contributed by atoms with Crippen LogP contribution in [-0.4, -0.2) is 38.5 Å². The van der Waals surface area contributed by atoms with E-state index in [0.717, 1.165) is 4.31 Å². The zero-order valence-corrected chi connectivity index (χ0v) is 11.7. The highest BCUT2D eigenvalue weighted by Gasteiger charge is 2.15. The molecule has 19 heavy (non-hydrogen) atoms. The van der Waals surface area contributed by atoms with Crippen LogP contribution < -0.4 is 5.32 Å². The maximum Gasteiger partial charge on any atom is 0.221 e. The van der Waals surface area contributed by atoms with E-state index in [-0.39, 0.29) is 18.7 Å². The molecule has 1 N–H and O–H groups in total. The Morgan fingerprint density at radius 3 is 2.53 bits per heavy atom. The molecular formula is C12H17FN2O3S. The molecule has 1 amide bonds. The van der Waals surface area contributed by atoms with Gasteiger partial charge in [0.05, 0.1) is 5.75 Å². The summed E-state index contributed by atoms with van der Waals surface area (Å²) in [4.78, 5) is 11.5. The van der Waals surface area contributed by atoms with E-state index in [1.54, 1.807) is 18.2 Å². The molecule has 7 heteroatoms. The molecule has 0 bridgehead atoms. The fraction of sp³-hybridized carbons (Fsp3) is 0.417. The van der Waals surface area contributed by atoms with Crippen molar-refractivity contribution in [3.05, 3.63) is 35.6 Å². The van der Waals surface area contributed by atoms with Crippen LogP contribution in [-0.2, 0) is 21.4 Å². The number of benzene rings is 1. The Morgan fingerprint density at radius 1 is 1.32 bits per heavy atom. The van der Waals surface area contributed by atoms with Gasteiger partial charge in [-0.1, -0.05) is 18.2 Å². The zero-order valence-electron chi connectivity index (χ0n) is 10.9. The first-order valence-electron chi connectivity index (χ1n) is 5.73. The fourth-order valence-corrected chi connectivity index (χ4v) is 2.14. The average Bonchev–Trinajstić information content (AvgIpc) is 2.35. The highest BCUT2D eigenvalue weighted by molar-refractivity contribution is 7.89. The summed E-state index contributed by atoms with van der Waals surface area (Å²) in [5.74, 6) is -1.08. The number of hydrogen-bond acceptors (Lipinski definition) is 3. The predicted molar refractivity (Wildman–Crippen MR) is 70.3 cm³/mol. The molecular weight excluding hydrogens is 271 g/mol. The maximum atomic E-state index is 13.3. The van der Waals surface area contributed by atoms with Gasteiger partial charge in [0, 0.05) is 32.6 Å². The number of halogens is 1. The molecule has 0 aromatic heterocycles. The van der Waals surface area contributed by atoms with Crippen molar-refractivity contribution in [3.8, 4) is 0 Å². The number of nitrogens with zero attached hydrogens (tertiary/aromatic N) is 1. The van der Waals surface area contributed by atoms with Crippen LogP contribution in [0.25, 0.3) is 0 Å². The molecule has 1 rings (SSSR count). The monoisotopic (exact) mass is 288 g/mol. The van der Waals surface area contributed by atoms with Crippen LogP contribution in [0.4, 0.5) is 4.39 Å². The van der Waals surface area contributed by atoms with Gasteiger partial charge in [0.1, 0.15) is 5.82 Å². The van der Waals surface area contributed by atoms with E-state index in [2.05, 4.69) is 5.32 Å². The summed E-state index contributed by atoms with van der Waals surface area (Å²) in [6, 6.07) is 6.09. The van der Waals surface area contributed by atoms with E-state index < -0.39 is 21.7 Å². The number of amides is 1. The Bertz CT molecular complexity index is 544. The minimum absolute atomic E-state index is 0.0491. The molecule has 0 aliphatic heterocycles. The van der Waals surface area contributed by atoms with E-state index in [1.807, 2.05) is 0 Å². The second-order valence-corrected chi connectivity index (χ2v) is 6.52. The molecule has 0 atom stereocenters. The summed E-state index contributed by atoms with van der Waals surface area (Å²) >= 11 is 0. The van der Waals surface area contributed by atoms with Crippen molar-refractivity contribution >= 4 is 15.9 Å². The molecule has 0 spiro atoms. The Balaban J connectivity index is 2.43. The van der Waals surface area contributed by atoms with E-state index in [0.29, 0.717) is 5.56 Å². The van der Waals surface area contributed by atoms with Crippen LogP contribution >= 0.6 is 0 Å². The van der Waals surface area contributed by atoms with Crippen LogP contribution in [0.1, 0.15) is 12.0 Å². The number of nitrogens with one attached hydrogen (secondary N) is 1. The van der Waals surface area contributed by atoms with Crippen LogP contribution in [0.15, 0.2) is 24.3 Å². The van der Waals surface area contributed by atoms with E-state index in [4.69, 9.17) is 0 Å². The van der Waals surface area contributed by atoms with Crippen molar-refractivity contribution in [2.24, 2.45) is 0 Å². The number of rotatable bonds is 6. The Hall–Kier alpha value is -1.47. The first-order valence-corrected chi connectivity index (χ1v) is 7.34. The molecule has 0 unspecified atom stereocenters. The molecule has 0 aliphatic carbocycles. The first-order chi connectivity index (χ1) is 8.83. The van der Waals surface area contributed by atoms with Crippen molar-refractivity contribution in [1.82, 2.24) is 9.62 Å². The van der Waals surface area contributed by atoms with Gasteiger partial charge in [0.2, 0.25) is 15.9 Å². The summed E-state index contributed by atoms with van der Waals surface area (Å²) in [5.41, 5.74) is 0.367. The largest absolute Gasteiger partial charge is 0.352 e. The van der Waals surface area contributed by atoms with Crippen LogP contribution in [0, 0.1) is 5.82 Å². The lowest BCUT2D eigenvalue weighted by Crippen LogP contribution is -2.30. The second kappa shape index (κ2) is 6.63. The summed E-state index contributed by atoms with van der Waals surface area (Å²) < 4.78 is 37.2. The fourth-order valence-electron chi connectivity index (χ4n) is 1.33. The molecule has 0 saturated carbocycles. The van der Waals surface area contributed by atoms with Crippen molar-refractivity contribution in [2.75, 3.05) is 19.8 Å². The number of carbonyl (C=O) groups is 1. The highest BCUT2D eigenvalue weighted by Crippen LogP contribution is 2.05. The third kappa shape index (κ3) is 4.96. The zero-order chi connectivity index (χ0) is 14.5. The molecule has 5 nitrogen and oxygen atoms in total. The third-order valence-corrected chi connectivity index (χ3v) is 4.41. The molecule has 106 valence electrons. The lowest BCUT2D eigenvalue weighted by molar-refractivity contribution is -0.120. The minimum Gasteiger partial charge on any atom is -0.352 e. The van der Waals surface area contributed by atoms with Gasteiger partial charge in [-0.25, -0.2) is 17.1 Å². The van der Waals surface area contributed by atoms with Crippen LogP contribution in [0.2, 0.25) is 0 Å². The van der Waals surface area contributed by atoms with Gasteiger partial charge in [0.25, 0.3) is 0 Å². The molecule has 1 aromatic rings. The molecule has 0 aliphatic rings. The summed E-state index contributed by atoms with van der Waals surface area (Å²) in [7, 11) is -0.567. The first kappa shape index (κ1) is 15.6. The van der Waals surface area contributed by atoms with Gasteiger partial charge in [-0.3, -0.25) is 4.79 Å². The van der Waals surface area contributed by atoms with E-state index in [9.17, 15) is 17.6 Å². The van der Waals surface area contributed by atoms with Gasteiger partial charge in [-0.05, 0) is 6.07 Å². The molecule has 1 aromatic carbocycles. The van der Waals surface area contributed by atoms with Gasteiger partial charge in [0.15, 0.2) is 0 Å². The van der Waals surface area contributed by atoms with E-state index in [1.165, 1.54) is 20.2 Å².